The molecular weight excluding hydrogens is 814 g/mol. The number of hydrogen-bond acceptors (Lipinski definition) is 8. The number of carboxylic acid groups (broad SMARTS) is 1. The van der Waals surface area contributed by atoms with Gasteiger partial charge in [-0.1, -0.05) is 61.2 Å². The summed E-state index contributed by atoms with van der Waals surface area (Å²) in [6.07, 6.45) is -3.33. The van der Waals surface area contributed by atoms with Crippen molar-refractivity contribution in [2.75, 3.05) is 31.1 Å². The Morgan fingerprint density at radius 3 is 2.00 bits per heavy atom. The van der Waals surface area contributed by atoms with Crippen molar-refractivity contribution in [2.24, 2.45) is 0 Å². The second-order valence-electron chi connectivity index (χ2n) is 15.3. The van der Waals surface area contributed by atoms with Gasteiger partial charge in [0.1, 0.15) is 29.5 Å². The summed E-state index contributed by atoms with van der Waals surface area (Å²) >= 11 is 0. The highest BCUT2D eigenvalue weighted by atomic mass is 19.4. The Hall–Kier alpha value is -6.09. The lowest BCUT2D eigenvalue weighted by Crippen LogP contribution is -2.57. The van der Waals surface area contributed by atoms with Gasteiger partial charge >= 0.3 is 12.3 Å². The topological polar surface area (TPSA) is 117 Å². The summed E-state index contributed by atoms with van der Waals surface area (Å²) in [6, 6.07) is 22.9. The van der Waals surface area contributed by atoms with E-state index in [2.05, 4.69) is 16.2 Å². The van der Waals surface area contributed by atoms with Crippen molar-refractivity contribution in [2.45, 2.75) is 84.8 Å². The molecule has 4 aromatic rings. The number of hydrogen-bond donors (Lipinski definition) is 1. The number of halogens is 5. The highest BCUT2D eigenvalue weighted by Gasteiger charge is 2.40. The van der Waals surface area contributed by atoms with Crippen LogP contribution in [-0.4, -0.2) is 82.7 Å². The van der Waals surface area contributed by atoms with Crippen LogP contribution in [-0.2, 0) is 32.1 Å². The summed E-state index contributed by atoms with van der Waals surface area (Å²) in [5.74, 6) is -3.36. The van der Waals surface area contributed by atoms with Gasteiger partial charge in [0.05, 0.1) is 12.3 Å². The zero-order chi connectivity index (χ0) is 45.8. The fourth-order valence-electron chi connectivity index (χ4n) is 7.18. The van der Waals surface area contributed by atoms with E-state index in [4.69, 9.17) is 14.6 Å². The van der Waals surface area contributed by atoms with Crippen molar-refractivity contribution in [3.63, 3.8) is 0 Å². The van der Waals surface area contributed by atoms with Gasteiger partial charge in [0.25, 0.3) is 5.97 Å². The lowest BCUT2D eigenvalue weighted by molar-refractivity contribution is -0.274. The zero-order valence-corrected chi connectivity index (χ0v) is 35.4. The largest absolute Gasteiger partial charge is 0.573 e. The number of carboxylic acids is 1. The molecule has 15 heteroatoms. The molecule has 0 aliphatic carbocycles. The quantitative estimate of drug-likeness (QED) is 0.0668. The third kappa shape index (κ3) is 13.7. The van der Waals surface area contributed by atoms with Crippen LogP contribution < -0.4 is 9.64 Å². The van der Waals surface area contributed by atoms with E-state index in [1.807, 2.05) is 38.1 Å². The predicted octanol–water partition coefficient (Wildman–Crippen LogP) is 9.61. The molecule has 1 aliphatic heterocycles. The molecule has 62 heavy (non-hydrogen) atoms. The molecule has 0 spiro atoms. The second kappa shape index (κ2) is 21.6. The minimum absolute atomic E-state index is 0.167. The van der Waals surface area contributed by atoms with Crippen molar-refractivity contribution in [3.8, 4) is 16.9 Å². The molecule has 1 saturated heterocycles. The number of ether oxygens (including phenoxy) is 2. The molecule has 1 heterocycles. The number of carbonyl (C=O) groups is 4. The Kier molecular flexibility index (Phi) is 16.9. The molecule has 1 N–H and O–H groups in total. The molecule has 0 aromatic heterocycles. The number of likely N-dealkylation sites (tertiary alicyclic amines) is 1. The number of allylic oxidation sites excluding steroid dienone is 1. The van der Waals surface area contributed by atoms with E-state index in [0.29, 0.717) is 48.4 Å². The van der Waals surface area contributed by atoms with Crippen LogP contribution in [0.4, 0.5) is 27.6 Å². The van der Waals surface area contributed by atoms with E-state index in [-0.39, 0.29) is 67.6 Å². The summed E-state index contributed by atoms with van der Waals surface area (Å²) in [6.45, 7) is 13.5. The number of carbonyl (C=O) groups excluding carboxylic acids is 3. The van der Waals surface area contributed by atoms with E-state index < -0.39 is 29.5 Å². The normalized spacial score (nSPS) is 13.3. The smallest absolute Gasteiger partial charge is 0.481 e. The lowest BCUT2D eigenvalue weighted by atomic mass is 9.95. The number of Topliss-reactive ketones (excluding diaryl/α,β-unsaturated/α-hetero) is 1. The maximum Gasteiger partial charge on any atom is 0.573 e. The number of aryl methyl sites for hydroxylation is 1. The summed E-state index contributed by atoms with van der Waals surface area (Å²) < 4.78 is 75.7. The highest BCUT2D eigenvalue weighted by molar-refractivity contribution is 6.00. The molecule has 5 rings (SSSR count). The molecular formula is C47H52F5N3O7. The number of benzene rings is 4. The maximum atomic E-state index is 14.8. The number of esters is 1. The summed E-state index contributed by atoms with van der Waals surface area (Å²) in [5, 5.41) is 7.42. The average molecular weight is 866 g/mol. The molecule has 1 amide bonds. The molecule has 4 aromatic carbocycles. The maximum absolute atomic E-state index is 14.8. The Bertz CT molecular complexity index is 2180. The number of alkyl halides is 3. The number of ketones is 1. The predicted molar refractivity (Wildman–Crippen MR) is 225 cm³/mol. The SMILES string of the molecule is C=C(CCc1ccc(F)cc1F)N(CC(=O)N(Cc1ccc(-c2ccc(OC(F)(F)F)cc2)cc1)C1CCN(C(C)(C)C(=O)OCC)CC1)c1ccccc1C(C)=O.CC(=O)O. The van der Waals surface area contributed by atoms with Crippen molar-refractivity contribution in [1.29, 1.82) is 0 Å². The molecule has 0 radical (unpaired) electrons. The van der Waals surface area contributed by atoms with Crippen molar-refractivity contribution in [1.82, 2.24) is 9.80 Å². The molecule has 1 aliphatic rings. The molecule has 1 fully saturated rings. The van der Waals surface area contributed by atoms with E-state index >= 15 is 0 Å². The van der Waals surface area contributed by atoms with Gasteiger partial charge in [-0.2, -0.15) is 0 Å². The minimum Gasteiger partial charge on any atom is -0.481 e. The fourth-order valence-corrected chi connectivity index (χ4v) is 7.18. The van der Waals surface area contributed by atoms with E-state index in [1.165, 1.54) is 43.3 Å². The van der Waals surface area contributed by atoms with Gasteiger partial charge in [-0.05, 0) is 106 Å². The van der Waals surface area contributed by atoms with Gasteiger partial charge in [0.15, 0.2) is 5.78 Å². The van der Waals surface area contributed by atoms with Gasteiger partial charge in [-0.15, -0.1) is 13.2 Å². The van der Waals surface area contributed by atoms with Crippen molar-refractivity contribution < 1.29 is 55.7 Å². The Morgan fingerprint density at radius 2 is 1.45 bits per heavy atom. The first-order chi connectivity index (χ1) is 29.2. The number of para-hydroxylation sites is 1. The first-order valence-electron chi connectivity index (χ1n) is 20.1. The number of aliphatic carboxylic acids is 1. The fraction of sp³-hybridized carbons (Fsp3) is 0.362. The monoisotopic (exact) mass is 865 g/mol. The van der Waals surface area contributed by atoms with Crippen LogP contribution in [0.25, 0.3) is 11.1 Å². The van der Waals surface area contributed by atoms with Gasteiger partial charge in [0, 0.05) is 49.9 Å². The Balaban J connectivity index is 0.00000202. The first-order valence-corrected chi connectivity index (χ1v) is 20.1. The molecule has 0 unspecified atom stereocenters. The van der Waals surface area contributed by atoms with Crippen LogP contribution in [0.5, 0.6) is 5.75 Å². The van der Waals surface area contributed by atoms with Crippen LogP contribution in [0.1, 0.15) is 75.4 Å². The van der Waals surface area contributed by atoms with Gasteiger partial charge < -0.3 is 24.4 Å². The third-order valence-corrected chi connectivity index (χ3v) is 10.5. The highest BCUT2D eigenvalue weighted by Crippen LogP contribution is 2.31. The number of nitrogens with zero attached hydrogens (tertiary/aromatic N) is 3. The zero-order valence-electron chi connectivity index (χ0n) is 35.4. The van der Waals surface area contributed by atoms with Gasteiger partial charge in [-0.25, -0.2) is 8.78 Å². The summed E-state index contributed by atoms with van der Waals surface area (Å²) in [5.41, 5.74) is 2.91. The van der Waals surface area contributed by atoms with Crippen LogP contribution in [0.15, 0.2) is 103 Å². The molecule has 0 atom stereocenters. The van der Waals surface area contributed by atoms with Crippen molar-refractivity contribution in [3.05, 3.63) is 132 Å². The van der Waals surface area contributed by atoms with Crippen LogP contribution in [0.3, 0.4) is 0 Å². The van der Waals surface area contributed by atoms with Crippen LogP contribution in [0, 0.1) is 11.6 Å². The number of rotatable bonds is 16. The van der Waals surface area contributed by atoms with E-state index in [0.717, 1.165) is 24.1 Å². The van der Waals surface area contributed by atoms with E-state index in [9.17, 15) is 36.3 Å². The summed E-state index contributed by atoms with van der Waals surface area (Å²) in [4.78, 5) is 55.0. The average Bonchev–Trinajstić information content (AvgIpc) is 3.21. The first kappa shape index (κ1) is 48.6. The van der Waals surface area contributed by atoms with Crippen LogP contribution in [0.2, 0.25) is 0 Å². The standard InChI is InChI=1S/C45H48F5N3O5.C2H4O2/c1-6-57-43(56)44(4,5)51-25-23-37(24-26-51)53(28-32-12-15-33(16-13-32)34-18-21-38(22-19-34)58-45(48,49)50)42(55)29-52(41-10-8-7-9-39(41)31(3)54)30(2)11-14-35-17-20-36(46)27-40(35)47;1-2(3)4/h7-10,12-13,15-22,27,37H,2,6,11,14,23-26,28-29H2,1,3-5H3;1H3,(H,3,4). The number of amides is 1. The second-order valence-corrected chi connectivity index (χ2v) is 15.3. The Labute approximate surface area is 358 Å². The summed E-state index contributed by atoms with van der Waals surface area (Å²) in [7, 11) is 0. The number of anilines is 1. The third-order valence-electron chi connectivity index (χ3n) is 10.5. The van der Waals surface area contributed by atoms with E-state index in [1.54, 1.807) is 41.0 Å². The molecule has 0 bridgehead atoms. The molecule has 332 valence electrons. The van der Waals surface area contributed by atoms with Crippen LogP contribution >= 0.6 is 0 Å². The minimum atomic E-state index is -4.80. The Morgan fingerprint density at radius 1 is 0.871 bits per heavy atom. The number of piperidine rings is 1. The van der Waals surface area contributed by atoms with Gasteiger partial charge in [0.2, 0.25) is 5.91 Å². The van der Waals surface area contributed by atoms with Gasteiger partial charge in [-0.3, -0.25) is 24.1 Å². The van der Waals surface area contributed by atoms with Crippen molar-refractivity contribution >= 4 is 29.3 Å². The molecule has 0 saturated carbocycles. The lowest BCUT2D eigenvalue weighted by Gasteiger charge is -2.44. The molecule has 10 nitrogen and oxygen atoms in total.